The van der Waals surface area contributed by atoms with Gasteiger partial charge in [0.05, 0.1) is 23.5 Å². The fourth-order valence-corrected chi connectivity index (χ4v) is 23.5. The van der Waals surface area contributed by atoms with Crippen molar-refractivity contribution in [3.05, 3.63) is 0 Å². The summed E-state index contributed by atoms with van der Waals surface area (Å²) in [6.45, 7) is 0. The van der Waals surface area contributed by atoms with Crippen LogP contribution < -0.4 is 0 Å². The van der Waals surface area contributed by atoms with Crippen LogP contribution in [0.25, 0.3) is 0 Å². The Kier molecular flexibility index (Phi) is 4.85. The maximum absolute atomic E-state index is 6.26. The summed E-state index contributed by atoms with van der Waals surface area (Å²) in [5.74, 6) is 2.35. The van der Waals surface area contributed by atoms with Crippen molar-refractivity contribution in [2.24, 2.45) is 0 Å². The van der Waals surface area contributed by atoms with Crippen LogP contribution in [0.2, 0.25) is 0 Å². The third-order valence-corrected chi connectivity index (χ3v) is 17.5. The summed E-state index contributed by atoms with van der Waals surface area (Å²) in [4.78, 5) is 0. The minimum absolute atomic E-state index is 0.0675. The van der Waals surface area contributed by atoms with Crippen LogP contribution in [0, 0.1) is 0 Å². The molecular formula is C8H8Cl4S6. The second-order valence-corrected chi connectivity index (χ2v) is 17.6. The molecule has 0 saturated carbocycles. The minimum atomic E-state index is -0.0675. The van der Waals surface area contributed by atoms with E-state index in [0.717, 1.165) is 0 Å². The SMILES string of the molecule is ClCC12SC3(CCl)SC(CCl)(S1)SC(CCl)(S2)S3. The van der Waals surface area contributed by atoms with E-state index in [1.165, 1.54) is 0 Å². The van der Waals surface area contributed by atoms with E-state index in [4.69, 9.17) is 46.4 Å². The molecule has 4 bridgehead atoms. The van der Waals surface area contributed by atoms with Crippen molar-refractivity contribution in [3.8, 4) is 0 Å². The van der Waals surface area contributed by atoms with E-state index >= 15 is 0 Å². The lowest BCUT2D eigenvalue weighted by atomic mass is 10.8. The van der Waals surface area contributed by atoms with Crippen LogP contribution in [0.3, 0.4) is 0 Å². The van der Waals surface area contributed by atoms with Crippen LogP contribution in [0.5, 0.6) is 0 Å². The van der Waals surface area contributed by atoms with Crippen molar-refractivity contribution in [1.82, 2.24) is 0 Å². The zero-order valence-electron chi connectivity index (χ0n) is 8.79. The molecule has 104 valence electrons. The Morgan fingerprint density at radius 1 is 0.444 bits per heavy atom. The normalized spacial score (nSPS) is 54.0. The molecule has 4 rings (SSSR count). The average Bonchev–Trinajstić information content (AvgIpc) is 2.37. The van der Waals surface area contributed by atoms with E-state index in [9.17, 15) is 0 Å². The van der Waals surface area contributed by atoms with Crippen molar-refractivity contribution in [3.63, 3.8) is 0 Å². The Labute approximate surface area is 152 Å². The van der Waals surface area contributed by atoms with Crippen LogP contribution in [-0.4, -0.2) is 37.2 Å². The number of thioether (sulfide) groups is 6. The van der Waals surface area contributed by atoms with Gasteiger partial charge in [-0.15, -0.1) is 117 Å². The van der Waals surface area contributed by atoms with E-state index in [-0.39, 0.29) is 13.6 Å². The van der Waals surface area contributed by atoms with E-state index in [0.29, 0.717) is 23.5 Å². The number of hydrogen-bond donors (Lipinski definition) is 0. The molecule has 0 aromatic carbocycles. The summed E-state index contributed by atoms with van der Waals surface area (Å²) in [5, 5.41) is 0. The average molecular weight is 438 g/mol. The lowest BCUT2D eigenvalue weighted by molar-refractivity contribution is 1.11. The van der Waals surface area contributed by atoms with Gasteiger partial charge in [-0.1, -0.05) is 0 Å². The maximum atomic E-state index is 6.26. The third-order valence-electron chi connectivity index (χ3n) is 2.52. The zero-order chi connectivity index (χ0) is 13.1. The molecule has 0 aromatic rings. The predicted molar refractivity (Wildman–Crippen MR) is 99.3 cm³/mol. The Morgan fingerprint density at radius 3 is 0.722 bits per heavy atom. The van der Waals surface area contributed by atoms with Gasteiger partial charge in [0.1, 0.15) is 13.6 Å². The minimum Gasteiger partial charge on any atom is -0.123 e. The smallest absolute Gasteiger partial charge is 0.123 e. The fraction of sp³-hybridized carbons (Fsp3) is 1.00. The largest absolute Gasteiger partial charge is 0.127 e. The molecule has 0 N–H and O–H groups in total. The number of hydrogen-bond acceptors (Lipinski definition) is 6. The van der Waals surface area contributed by atoms with Crippen molar-refractivity contribution in [2.75, 3.05) is 23.5 Å². The first kappa shape index (κ1) is 16.1. The monoisotopic (exact) mass is 436 g/mol. The third kappa shape index (κ3) is 2.44. The molecule has 18 heavy (non-hydrogen) atoms. The Bertz CT molecular complexity index is 264. The van der Waals surface area contributed by atoms with Crippen LogP contribution in [0.15, 0.2) is 0 Å². The van der Waals surface area contributed by atoms with Gasteiger partial charge in [0.2, 0.25) is 0 Å². The summed E-state index contributed by atoms with van der Waals surface area (Å²) in [5.41, 5.74) is 0. The van der Waals surface area contributed by atoms with Gasteiger partial charge in [0.15, 0.2) is 0 Å². The summed E-state index contributed by atoms with van der Waals surface area (Å²) in [6.07, 6.45) is 0. The molecule has 0 unspecified atom stereocenters. The highest BCUT2D eigenvalue weighted by molar-refractivity contribution is 8.65. The molecule has 0 atom stereocenters. The van der Waals surface area contributed by atoms with Crippen molar-refractivity contribution >= 4 is 117 Å². The molecule has 4 aliphatic heterocycles. The first-order chi connectivity index (χ1) is 8.49. The highest BCUT2D eigenvalue weighted by Crippen LogP contribution is 2.88. The van der Waals surface area contributed by atoms with Crippen LogP contribution >= 0.6 is 117 Å². The molecule has 4 heterocycles. The Morgan fingerprint density at radius 2 is 0.611 bits per heavy atom. The standard InChI is InChI=1S/C8H8Cl4S6/c9-1-5-13-6(2-10)16-7(3-11,14-5)18-8(4-12,15-5)17-6/h1-4H2. The topological polar surface area (TPSA) is 0 Å². The van der Waals surface area contributed by atoms with E-state index in [1.807, 2.05) is 70.6 Å². The highest BCUT2D eigenvalue weighted by atomic mass is 35.5. The molecule has 4 fully saturated rings. The van der Waals surface area contributed by atoms with Gasteiger partial charge in [0, 0.05) is 0 Å². The van der Waals surface area contributed by atoms with Gasteiger partial charge in [-0.2, -0.15) is 0 Å². The molecule has 0 spiro atoms. The number of halogens is 4. The second-order valence-electron chi connectivity index (χ2n) is 3.88. The molecule has 0 amide bonds. The predicted octanol–water partition coefficient (Wildman–Crippen LogP) is 6.00. The van der Waals surface area contributed by atoms with Crippen LogP contribution in [0.4, 0.5) is 0 Å². The Balaban J connectivity index is 2.06. The fourth-order valence-electron chi connectivity index (χ4n) is 2.00. The molecule has 0 radical (unpaired) electrons. The lowest BCUT2D eigenvalue weighted by Gasteiger charge is -2.65. The van der Waals surface area contributed by atoms with Gasteiger partial charge in [-0.05, 0) is 0 Å². The number of rotatable bonds is 4. The van der Waals surface area contributed by atoms with Gasteiger partial charge in [-0.3, -0.25) is 0 Å². The molecule has 4 aliphatic rings. The first-order valence-corrected chi connectivity index (χ1v) is 12.0. The molecule has 4 saturated heterocycles. The molecule has 10 heteroatoms. The molecular weight excluding hydrogens is 430 g/mol. The van der Waals surface area contributed by atoms with Crippen LogP contribution in [0.1, 0.15) is 0 Å². The maximum Gasteiger partial charge on any atom is 0.127 e. The summed E-state index contributed by atoms with van der Waals surface area (Å²) < 4.78 is -0.270. The summed E-state index contributed by atoms with van der Waals surface area (Å²) in [6, 6.07) is 0. The summed E-state index contributed by atoms with van der Waals surface area (Å²) in [7, 11) is 0. The second kappa shape index (κ2) is 5.41. The van der Waals surface area contributed by atoms with E-state index in [2.05, 4.69) is 0 Å². The van der Waals surface area contributed by atoms with E-state index in [1.54, 1.807) is 0 Å². The molecule has 0 nitrogen and oxygen atoms in total. The highest BCUT2D eigenvalue weighted by Gasteiger charge is 2.71. The quantitative estimate of drug-likeness (QED) is 0.491. The van der Waals surface area contributed by atoms with Crippen LogP contribution in [-0.2, 0) is 0 Å². The summed E-state index contributed by atoms with van der Waals surface area (Å²) >= 11 is 36.4. The van der Waals surface area contributed by atoms with Crippen molar-refractivity contribution < 1.29 is 0 Å². The molecule has 0 aromatic heterocycles. The van der Waals surface area contributed by atoms with Gasteiger partial charge in [0.25, 0.3) is 0 Å². The molecule has 0 aliphatic carbocycles. The van der Waals surface area contributed by atoms with Gasteiger partial charge >= 0.3 is 0 Å². The van der Waals surface area contributed by atoms with Crippen molar-refractivity contribution in [2.45, 2.75) is 13.6 Å². The van der Waals surface area contributed by atoms with Gasteiger partial charge < -0.3 is 0 Å². The lowest BCUT2D eigenvalue weighted by Crippen LogP contribution is -2.56. The van der Waals surface area contributed by atoms with E-state index < -0.39 is 0 Å². The number of alkyl halides is 4. The Hall–Kier alpha value is 3.26. The zero-order valence-corrected chi connectivity index (χ0v) is 16.7. The van der Waals surface area contributed by atoms with Crippen molar-refractivity contribution in [1.29, 1.82) is 0 Å². The first-order valence-electron chi connectivity index (χ1n) is 4.93. The van der Waals surface area contributed by atoms with Gasteiger partial charge in [-0.25, -0.2) is 0 Å².